The maximum atomic E-state index is 11.6. The standard InChI is InChI=1S/C14H19BrN2O3/c1-16-14(19)9-3-5-10(6-4-9)20-12-7-13(18)17(2)8-11(12)15/h7-10H,3-6H2,1-2H3,(H,16,19). The number of hydrogen-bond acceptors (Lipinski definition) is 3. The molecule has 1 N–H and O–H groups in total. The van der Waals surface area contributed by atoms with Crippen molar-refractivity contribution in [1.82, 2.24) is 9.88 Å². The molecule has 6 heteroatoms. The highest BCUT2D eigenvalue weighted by atomic mass is 79.9. The lowest BCUT2D eigenvalue weighted by Crippen LogP contribution is -2.33. The zero-order valence-electron chi connectivity index (χ0n) is 11.7. The molecule has 1 aliphatic rings. The van der Waals surface area contributed by atoms with E-state index in [1.165, 1.54) is 10.6 Å². The molecule has 0 spiro atoms. The molecule has 5 nitrogen and oxygen atoms in total. The molecule has 1 aliphatic carbocycles. The highest BCUT2D eigenvalue weighted by molar-refractivity contribution is 9.10. The third-order valence-electron chi connectivity index (χ3n) is 3.73. The smallest absolute Gasteiger partial charge is 0.254 e. The summed E-state index contributed by atoms with van der Waals surface area (Å²) in [5.74, 6) is 0.779. The van der Waals surface area contributed by atoms with Crippen LogP contribution in [0.25, 0.3) is 0 Å². The summed E-state index contributed by atoms with van der Waals surface area (Å²) in [4.78, 5) is 23.2. The van der Waals surface area contributed by atoms with E-state index in [-0.39, 0.29) is 23.5 Å². The molecule has 1 heterocycles. The monoisotopic (exact) mass is 342 g/mol. The summed E-state index contributed by atoms with van der Waals surface area (Å²) in [6.45, 7) is 0. The summed E-state index contributed by atoms with van der Waals surface area (Å²) < 4.78 is 8.16. The molecule has 1 fully saturated rings. The number of hydrogen-bond donors (Lipinski definition) is 1. The van der Waals surface area contributed by atoms with E-state index in [0.717, 1.165) is 30.2 Å². The van der Waals surface area contributed by atoms with Crippen molar-refractivity contribution < 1.29 is 9.53 Å². The summed E-state index contributed by atoms with van der Waals surface area (Å²) in [5, 5.41) is 2.69. The number of carbonyl (C=O) groups excluding carboxylic acids is 1. The van der Waals surface area contributed by atoms with Crippen LogP contribution in [0.5, 0.6) is 5.75 Å². The Morgan fingerprint density at radius 2 is 2.05 bits per heavy atom. The van der Waals surface area contributed by atoms with E-state index in [1.54, 1.807) is 20.3 Å². The van der Waals surface area contributed by atoms with Gasteiger partial charge in [-0.3, -0.25) is 9.59 Å². The zero-order valence-corrected chi connectivity index (χ0v) is 13.3. The number of pyridine rings is 1. The molecule has 0 aromatic carbocycles. The fraction of sp³-hybridized carbons (Fsp3) is 0.571. The van der Waals surface area contributed by atoms with Crippen LogP contribution in [0, 0.1) is 5.92 Å². The van der Waals surface area contributed by atoms with Gasteiger partial charge in [0.1, 0.15) is 5.75 Å². The summed E-state index contributed by atoms with van der Waals surface area (Å²) in [7, 11) is 3.37. The average molecular weight is 343 g/mol. The lowest BCUT2D eigenvalue weighted by atomic mass is 9.87. The Balaban J connectivity index is 1.98. The number of rotatable bonds is 3. The number of amides is 1. The predicted octanol–water partition coefficient (Wildman–Crippen LogP) is 1.83. The van der Waals surface area contributed by atoms with Crippen molar-refractivity contribution in [1.29, 1.82) is 0 Å². The van der Waals surface area contributed by atoms with Crippen LogP contribution < -0.4 is 15.6 Å². The Morgan fingerprint density at radius 1 is 1.40 bits per heavy atom. The van der Waals surface area contributed by atoms with Gasteiger partial charge in [-0.1, -0.05) is 0 Å². The Morgan fingerprint density at radius 3 is 2.65 bits per heavy atom. The molecule has 0 unspecified atom stereocenters. The number of aromatic nitrogens is 1. The van der Waals surface area contributed by atoms with Gasteiger partial charge in [-0.05, 0) is 41.6 Å². The Labute approximate surface area is 126 Å². The third-order valence-corrected chi connectivity index (χ3v) is 4.33. The first-order valence-corrected chi connectivity index (χ1v) is 7.55. The van der Waals surface area contributed by atoms with Crippen LogP contribution in [0.4, 0.5) is 0 Å². The van der Waals surface area contributed by atoms with Gasteiger partial charge in [0.05, 0.1) is 10.6 Å². The molecule has 0 aliphatic heterocycles. The van der Waals surface area contributed by atoms with Crippen LogP contribution >= 0.6 is 15.9 Å². The van der Waals surface area contributed by atoms with Crippen molar-refractivity contribution in [3.05, 3.63) is 27.1 Å². The second-order valence-electron chi connectivity index (χ2n) is 5.14. The van der Waals surface area contributed by atoms with Crippen LogP contribution in [0.1, 0.15) is 25.7 Å². The minimum atomic E-state index is -0.0951. The summed E-state index contributed by atoms with van der Waals surface area (Å²) >= 11 is 3.41. The second kappa shape index (κ2) is 6.43. The van der Waals surface area contributed by atoms with E-state index in [4.69, 9.17) is 4.74 Å². The van der Waals surface area contributed by atoms with Gasteiger partial charge in [-0.15, -0.1) is 0 Å². The van der Waals surface area contributed by atoms with Gasteiger partial charge < -0.3 is 14.6 Å². The third kappa shape index (κ3) is 3.42. The molecule has 1 saturated carbocycles. The van der Waals surface area contributed by atoms with E-state index < -0.39 is 0 Å². The Kier molecular flexibility index (Phi) is 4.86. The van der Waals surface area contributed by atoms with Gasteiger partial charge in [0.25, 0.3) is 5.56 Å². The van der Waals surface area contributed by atoms with Crippen molar-refractivity contribution in [3.63, 3.8) is 0 Å². The highest BCUT2D eigenvalue weighted by Crippen LogP contribution is 2.30. The SMILES string of the molecule is CNC(=O)C1CCC(Oc2cc(=O)n(C)cc2Br)CC1. The highest BCUT2D eigenvalue weighted by Gasteiger charge is 2.27. The zero-order chi connectivity index (χ0) is 14.7. The van der Waals surface area contributed by atoms with Crippen molar-refractivity contribution in [2.24, 2.45) is 13.0 Å². The molecule has 2 rings (SSSR count). The van der Waals surface area contributed by atoms with Gasteiger partial charge in [0, 0.05) is 32.3 Å². The number of aryl methyl sites for hydroxylation is 1. The molecule has 1 aromatic heterocycles. The molecule has 0 radical (unpaired) electrons. The minimum absolute atomic E-state index is 0.0688. The number of halogens is 1. The summed E-state index contributed by atoms with van der Waals surface area (Å²) in [5.41, 5.74) is -0.0951. The van der Waals surface area contributed by atoms with Gasteiger partial charge in [-0.25, -0.2) is 0 Å². The van der Waals surface area contributed by atoms with Crippen LogP contribution in [-0.2, 0) is 11.8 Å². The fourth-order valence-electron chi connectivity index (χ4n) is 2.50. The Hall–Kier alpha value is -1.30. The van der Waals surface area contributed by atoms with Crippen LogP contribution in [0.3, 0.4) is 0 Å². The van der Waals surface area contributed by atoms with E-state index in [1.807, 2.05) is 0 Å². The van der Waals surface area contributed by atoms with Crippen LogP contribution in [0.15, 0.2) is 21.5 Å². The maximum absolute atomic E-state index is 11.6. The second-order valence-corrected chi connectivity index (χ2v) is 5.99. The molecule has 0 bridgehead atoms. The van der Waals surface area contributed by atoms with Crippen LogP contribution in [0.2, 0.25) is 0 Å². The number of carbonyl (C=O) groups is 1. The van der Waals surface area contributed by atoms with Crippen molar-refractivity contribution in [3.8, 4) is 5.75 Å². The topological polar surface area (TPSA) is 60.3 Å². The Bertz CT molecular complexity index is 548. The van der Waals surface area contributed by atoms with Gasteiger partial charge >= 0.3 is 0 Å². The average Bonchev–Trinajstić information content (AvgIpc) is 2.44. The van der Waals surface area contributed by atoms with E-state index in [0.29, 0.717) is 5.75 Å². The van der Waals surface area contributed by atoms with E-state index in [9.17, 15) is 9.59 Å². The molecule has 0 atom stereocenters. The number of ether oxygens (including phenoxy) is 1. The number of nitrogens with one attached hydrogen (secondary N) is 1. The predicted molar refractivity (Wildman–Crippen MR) is 79.8 cm³/mol. The van der Waals surface area contributed by atoms with E-state index in [2.05, 4.69) is 21.2 Å². The minimum Gasteiger partial charge on any atom is -0.489 e. The lowest BCUT2D eigenvalue weighted by Gasteiger charge is -2.28. The molecular weight excluding hydrogens is 324 g/mol. The molecule has 20 heavy (non-hydrogen) atoms. The summed E-state index contributed by atoms with van der Waals surface area (Å²) in [6, 6.07) is 1.49. The van der Waals surface area contributed by atoms with E-state index >= 15 is 0 Å². The van der Waals surface area contributed by atoms with Crippen molar-refractivity contribution in [2.75, 3.05) is 7.05 Å². The fourth-order valence-corrected chi connectivity index (χ4v) is 3.01. The first-order chi connectivity index (χ1) is 9.51. The first kappa shape index (κ1) is 15.1. The molecule has 0 saturated heterocycles. The quantitative estimate of drug-likeness (QED) is 0.911. The van der Waals surface area contributed by atoms with Crippen molar-refractivity contribution in [2.45, 2.75) is 31.8 Å². The van der Waals surface area contributed by atoms with Gasteiger partial charge in [-0.2, -0.15) is 0 Å². The summed E-state index contributed by atoms with van der Waals surface area (Å²) in [6.07, 6.45) is 5.09. The molecule has 110 valence electrons. The molecule has 1 amide bonds. The van der Waals surface area contributed by atoms with Gasteiger partial charge in [0.15, 0.2) is 0 Å². The maximum Gasteiger partial charge on any atom is 0.254 e. The normalized spacial score (nSPS) is 22.4. The largest absolute Gasteiger partial charge is 0.489 e. The number of nitrogens with zero attached hydrogens (tertiary/aromatic N) is 1. The first-order valence-electron chi connectivity index (χ1n) is 6.75. The van der Waals surface area contributed by atoms with Crippen LogP contribution in [-0.4, -0.2) is 23.6 Å². The molecular formula is C14H19BrN2O3. The molecule has 1 aromatic rings. The van der Waals surface area contributed by atoms with Crippen molar-refractivity contribution >= 4 is 21.8 Å². The van der Waals surface area contributed by atoms with Gasteiger partial charge in [0.2, 0.25) is 5.91 Å². The lowest BCUT2D eigenvalue weighted by molar-refractivity contribution is -0.125.